The number of carbonyl (C=O) groups excluding carboxylic acids is 1. The van der Waals surface area contributed by atoms with Crippen LogP contribution in [0.15, 0.2) is 11.8 Å². The van der Waals surface area contributed by atoms with Crippen molar-refractivity contribution in [3.05, 3.63) is 11.8 Å². The van der Waals surface area contributed by atoms with Gasteiger partial charge in [0.15, 0.2) is 0 Å². The molecule has 3 rings (SSSR count). The second-order valence-electron chi connectivity index (χ2n) is 6.29. The standard InChI is InChI=1S/C15H25N3O/c1-11-14-8-16-7-12(14)9-18(11)10-15(19)17(2)13-5-3-4-6-13/h5,11-12,14,16H,3-4,6-10H2,1-2H3. The molecule has 0 saturated carbocycles. The first-order valence-electron chi connectivity index (χ1n) is 7.57. The molecule has 2 heterocycles. The van der Waals surface area contributed by atoms with Crippen LogP contribution in [0.5, 0.6) is 0 Å². The first-order valence-corrected chi connectivity index (χ1v) is 7.57. The van der Waals surface area contributed by atoms with Gasteiger partial charge in [0.1, 0.15) is 0 Å². The fourth-order valence-corrected chi connectivity index (χ4v) is 3.86. The molecule has 19 heavy (non-hydrogen) atoms. The van der Waals surface area contributed by atoms with Crippen LogP contribution in [0.25, 0.3) is 0 Å². The SMILES string of the molecule is CC1C2CNCC2CN1CC(=O)N(C)C1=CCCC1. The number of hydrogen-bond acceptors (Lipinski definition) is 3. The van der Waals surface area contributed by atoms with Crippen molar-refractivity contribution in [3.63, 3.8) is 0 Å². The van der Waals surface area contributed by atoms with Crippen LogP contribution in [0.1, 0.15) is 26.2 Å². The molecule has 106 valence electrons. The Morgan fingerprint density at radius 2 is 2.37 bits per heavy atom. The molecule has 0 bridgehead atoms. The lowest BCUT2D eigenvalue weighted by Gasteiger charge is -2.27. The fraction of sp³-hybridized carbons (Fsp3) is 0.800. The van der Waals surface area contributed by atoms with Crippen molar-refractivity contribution in [2.24, 2.45) is 11.8 Å². The van der Waals surface area contributed by atoms with Crippen molar-refractivity contribution in [3.8, 4) is 0 Å². The van der Waals surface area contributed by atoms with Crippen LogP contribution in [0.4, 0.5) is 0 Å². The normalized spacial score (nSPS) is 34.4. The number of nitrogens with zero attached hydrogens (tertiary/aromatic N) is 2. The van der Waals surface area contributed by atoms with E-state index in [0.717, 1.165) is 44.3 Å². The molecule has 0 spiro atoms. The minimum Gasteiger partial charge on any atom is -0.318 e. The number of fused-ring (bicyclic) bond motifs is 1. The van der Waals surface area contributed by atoms with E-state index in [0.29, 0.717) is 12.6 Å². The molecule has 3 aliphatic rings. The summed E-state index contributed by atoms with van der Waals surface area (Å²) in [6.45, 7) is 6.19. The Hall–Kier alpha value is -0.870. The monoisotopic (exact) mass is 263 g/mol. The highest BCUT2D eigenvalue weighted by Crippen LogP contribution is 2.32. The summed E-state index contributed by atoms with van der Waals surface area (Å²) in [7, 11) is 1.93. The molecule has 0 aromatic heterocycles. The number of allylic oxidation sites excluding steroid dienone is 2. The van der Waals surface area contributed by atoms with Gasteiger partial charge in [0.05, 0.1) is 6.54 Å². The number of carbonyl (C=O) groups is 1. The van der Waals surface area contributed by atoms with Gasteiger partial charge in [-0.2, -0.15) is 0 Å². The van der Waals surface area contributed by atoms with Crippen LogP contribution in [0.2, 0.25) is 0 Å². The zero-order valence-corrected chi connectivity index (χ0v) is 12.1. The van der Waals surface area contributed by atoms with E-state index in [2.05, 4.69) is 23.2 Å². The van der Waals surface area contributed by atoms with E-state index in [4.69, 9.17) is 0 Å². The summed E-state index contributed by atoms with van der Waals surface area (Å²) in [5.74, 6) is 1.75. The molecular formula is C15H25N3O. The van der Waals surface area contributed by atoms with Crippen molar-refractivity contribution in [2.75, 3.05) is 33.2 Å². The van der Waals surface area contributed by atoms with Gasteiger partial charge in [-0.3, -0.25) is 9.69 Å². The van der Waals surface area contributed by atoms with Gasteiger partial charge >= 0.3 is 0 Å². The molecule has 2 fully saturated rings. The second-order valence-corrected chi connectivity index (χ2v) is 6.29. The van der Waals surface area contributed by atoms with E-state index < -0.39 is 0 Å². The highest BCUT2D eigenvalue weighted by atomic mass is 16.2. The molecule has 3 unspecified atom stereocenters. The van der Waals surface area contributed by atoms with E-state index in [-0.39, 0.29) is 5.91 Å². The van der Waals surface area contributed by atoms with Crippen LogP contribution in [-0.4, -0.2) is 55.0 Å². The summed E-state index contributed by atoms with van der Waals surface area (Å²) < 4.78 is 0. The third-order valence-electron chi connectivity index (χ3n) is 5.22. The van der Waals surface area contributed by atoms with E-state index >= 15 is 0 Å². The molecule has 3 atom stereocenters. The number of nitrogens with one attached hydrogen (secondary N) is 1. The van der Waals surface area contributed by atoms with Gasteiger partial charge < -0.3 is 10.2 Å². The molecule has 1 N–H and O–H groups in total. The van der Waals surface area contributed by atoms with Crippen LogP contribution < -0.4 is 5.32 Å². The van der Waals surface area contributed by atoms with Crippen molar-refractivity contribution < 1.29 is 4.79 Å². The van der Waals surface area contributed by atoms with Gasteiger partial charge in [-0.15, -0.1) is 0 Å². The Labute approximate surface area is 115 Å². The van der Waals surface area contributed by atoms with Crippen LogP contribution in [-0.2, 0) is 4.79 Å². The minimum absolute atomic E-state index is 0.257. The maximum absolute atomic E-state index is 12.4. The largest absolute Gasteiger partial charge is 0.318 e. The summed E-state index contributed by atoms with van der Waals surface area (Å²) in [4.78, 5) is 16.6. The number of amides is 1. The van der Waals surface area contributed by atoms with Crippen molar-refractivity contribution in [1.82, 2.24) is 15.1 Å². The number of rotatable bonds is 3. The highest BCUT2D eigenvalue weighted by Gasteiger charge is 2.42. The van der Waals surface area contributed by atoms with Crippen LogP contribution in [0.3, 0.4) is 0 Å². The molecule has 0 aromatic rings. The average Bonchev–Trinajstić information content (AvgIpc) is 3.09. The molecule has 2 aliphatic heterocycles. The van der Waals surface area contributed by atoms with Gasteiger partial charge in [-0.25, -0.2) is 0 Å². The summed E-state index contributed by atoms with van der Waals surface area (Å²) in [5.41, 5.74) is 1.22. The van der Waals surface area contributed by atoms with E-state index in [9.17, 15) is 4.79 Å². The summed E-state index contributed by atoms with van der Waals surface area (Å²) in [5, 5.41) is 3.46. The lowest BCUT2D eigenvalue weighted by Crippen LogP contribution is -2.41. The van der Waals surface area contributed by atoms with Crippen LogP contribution >= 0.6 is 0 Å². The summed E-state index contributed by atoms with van der Waals surface area (Å²) in [6, 6.07) is 0.537. The van der Waals surface area contributed by atoms with Gasteiger partial charge in [0.25, 0.3) is 0 Å². The summed E-state index contributed by atoms with van der Waals surface area (Å²) >= 11 is 0. The zero-order chi connectivity index (χ0) is 13.4. The van der Waals surface area contributed by atoms with Gasteiger partial charge in [-0.1, -0.05) is 6.08 Å². The molecule has 2 saturated heterocycles. The lowest BCUT2D eigenvalue weighted by molar-refractivity contribution is -0.129. The average molecular weight is 263 g/mol. The number of likely N-dealkylation sites (N-methyl/N-ethyl adjacent to an activating group) is 1. The predicted octanol–water partition coefficient (Wildman–Crippen LogP) is 1.05. The smallest absolute Gasteiger partial charge is 0.240 e. The Kier molecular flexibility index (Phi) is 3.63. The maximum Gasteiger partial charge on any atom is 0.240 e. The highest BCUT2D eigenvalue weighted by molar-refractivity contribution is 5.80. The van der Waals surface area contributed by atoms with Gasteiger partial charge in [0.2, 0.25) is 5.91 Å². The summed E-state index contributed by atoms with van der Waals surface area (Å²) in [6.07, 6.45) is 5.60. The van der Waals surface area contributed by atoms with Crippen molar-refractivity contribution >= 4 is 5.91 Å². The predicted molar refractivity (Wildman–Crippen MR) is 75.6 cm³/mol. The molecular weight excluding hydrogens is 238 g/mol. The fourth-order valence-electron chi connectivity index (χ4n) is 3.86. The quantitative estimate of drug-likeness (QED) is 0.827. The first kappa shape index (κ1) is 13.1. The third-order valence-corrected chi connectivity index (χ3v) is 5.22. The van der Waals surface area contributed by atoms with E-state index in [1.807, 2.05) is 11.9 Å². The van der Waals surface area contributed by atoms with E-state index in [1.54, 1.807) is 0 Å². The zero-order valence-electron chi connectivity index (χ0n) is 12.1. The van der Waals surface area contributed by atoms with Gasteiger partial charge in [0, 0.05) is 25.3 Å². The topological polar surface area (TPSA) is 35.6 Å². The van der Waals surface area contributed by atoms with Crippen molar-refractivity contribution in [2.45, 2.75) is 32.2 Å². The Bertz CT molecular complexity index is 393. The maximum atomic E-state index is 12.4. The molecule has 1 amide bonds. The number of likely N-dealkylation sites (tertiary alicyclic amines) is 1. The minimum atomic E-state index is 0.257. The Morgan fingerprint density at radius 1 is 1.53 bits per heavy atom. The van der Waals surface area contributed by atoms with Crippen LogP contribution in [0, 0.1) is 11.8 Å². The lowest BCUT2D eigenvalue weighted by atomic mass is 9.95. The molecule has 4 nitrogen and oxygen atoms in total. The molecule has 0 aromatic carbocycles. The van der Waals surface area contributed by atoms with Gasteiger partial charge in [-0.05, 0) is 51.1 Å². The van der Waals surface area contributed by atoms with Crippen molar-refractivity contribution in [1.29, 1.82) is 0 Å². The first-order chi connectivity index (χ1) is 9.16. The second kappa shape index (κ2) is 5.25. The Balaban J connectivity index is 1.58. The van der Waals surface area contributed by atoms with E-state index in [1.165, 1.54) is 12.1 Å². The molecule has 4 heteroatoms. The molecule has 1 aliphatic carbocycles. The third kappa shape index (κ3) is 2.43. The number of hydrogen-bond donors (Lipinski definition) is 1. The molecule has 0 radical (unpaired) electrons. The Morgan fingerprint density at radius 3 is 3.05 bits per heavy atom.